The van der Waals surface area contributed by atoms with Crippen molar-refractivity contribution in [2.24, 2.45) is 16.1 Å². The molecule has 1 aromatic carbocycles. The van der Waals surface area contributed by atoms with Crippen LogP contribution < -0.4 is 16.0 Å². The van der Waals surface area contributed by atoms with Crippen LogP contribution >= 0.6 is 11.3 Å². The van der Waals surface area contributed by atoms with Gasteiger partial charge in [-0.3, -0.25) is 13.7 Å². The molecule has 0 bridgehead atoms. The summed E-state index contributed by atoms with van der Waals surface area (Å²) >= 11 is 1.35. The monoisotopic (exact) mass is 551 g/mol. The van der Waals surface area contributed by atoms with E-state index in [4.69, 9.17) is 5.73 Å². The van der Waals surface area contributed by atoms with Gasteiger partial charge in [-0.25, -0.2) is 18.1 Å². The second-order valence-electron chi connectivity index (χ2n) is 9.40. The Morgan fingerprint density at radius 3 is 2.56 bits per heavy atom. The first-order valence-corrected chi connectivity index (χ1v) is 15.2. The van der Waals surface area contributed by atoms with E-state index in [2.05, 4.69) is 14.8 Å². The van der Waals surface area contributed by atoms with E-state index in [-0.39, 0.29) is 38.8 Å². The third kappa shape index (κ3) is 6.80. The second-order valence-corrected chi connectivity index (χ2v) is 13.4. The summed E-state index contributed by atoms with van der Waals surface area (Å²) in [4.78, 5) is 18.5. The van der Waals surface area contributed by atoms with Crippen molar-refractivity contribution in [1.29, 1.82) is 0 Å². The van der Waals surface area contributed by atoms with Gasteiger partial charge in [0.2, 0.25) is 10.0 Å². The lowest BCUT2D eigenvalue weighted by atomic mass is 9.92. The van der Waals surface area contributed by atoms with Crippen molar-refractivity contribution in [2.45, 2.75) is 38.6 Å². The third-order valence-corrected chi connectivity index (χ3v) is 7.46. The van der Waals surface area contributed by atoms with Crippen LogP contribution in [0.15, 0.2) is 50.4 Å². The van der Waals surface area contributed by atoms with E-state index in [0.717, 1.165) is 6.26 Å². The number of amidine groups is 1. The van der Waals surface area contributed by atoms with E-state index in [1.807, 2.05) is 26.2 Å². The van der Waals surface area contributed by atoms with Crippen molar-refractivity contribution in [3.63, 3.8) is 0 Å². The molecule has 0 radical (unpaired) electrons. The zero-order valence-corrected chi connectivity index (χ0v) is 23.1. The molecule has 10 nitrogen and oxygen atoms in total. The molecule has 0 aliphatic carbocycles. The number of nitrogens with zero attached hydrogens (tertiary/aromatic N) is 3. The molecule has 0 saturated carbocycles. The number of hydrogen-bond donors (Lipinski definition) is 3. The van der Waals surface area contributed by atoms with Crippen LogP contribution in [0.2, 0.25) is 0 Å². The molecule has 4 N–H and O–H groups in total. The Kier molecular flexibility index (Phi) is 8.06. The highest BCUT2D eigenvalue weighted by Crippen LogP contribution is 2.33. The minimum atomic E-state index is -3.55. The number of aliphatic imine (C=N–C) groups is 1. The zero-order valence-electron chi connectivity index (χ0n) is 20.6. The number of thiophene rings is 1. The van der Waals surface area contributed by atoms with E-state index in [9.17, 15) is 22.5 Å². The summed E-state index contributed by atoms with van der Waals surface area (Å²) < 4.78 is 39.1. The molecule has 0 fully saturated rings. The van der Waals surface area contributed by atoms with Crippen molar-refractivity contribution in [3.8, 4) is 16.3 Å². The van der Waals surface area contributed by atoms with E-state index >= 15 is 0 Å². The summed E-state index contributed by atoms with van der Waals surface area (Å²) in [7, 11) is -5.11. The van der Waals surface area contributed by atoms with Gasteiger partial charge in [-0.05, 0) is 41.5 Å². The summed E-state index contributed by atoms with van der Waals surface area (Å²) in [5.74, 6) is -0.678. The molecule has 3 rings (SSSR count). The number of aromatic hydroxyl groups is 1. The number of hydrogen-bond acceptors (Lipinski definition) is 8. The smallest absolute Gasteiger partial charge is 0.281 e. The molecule has 3 aromatic rings. The minimum Gasteiger partial charge on any atom is -0.505 e. The number of sulfonamides is 1. The molecule has 36 heavy (non-hydrogen) atoms. The van der Waals surface area contributed by atoms with E-state index < -0.39 is 32.1 Å². The normalized spacial score (nSPS) is 13.5. The van der Waals surface area contributed by atoms with Crippen LogP contribution in [0.25, 0.3) is 10.6 Å². The average Bonchev–Trinajstić information content (AvgIpc) is 3.27. The van der Waals surface area contributed by atoms with Crippen molar-refractivity contribution in [3.05, 3.63) is 51.6 Å². The maximum Gasteiger partial charge on any atom is 0.281 e. The van der Waals surface area contributed by atoms with Gasteiger partial charge in [0, 0.05) is 18.5 Å². The van der Waals surface area contributed by atoms with Crippen molar-refractivity contribution < 1.29 is 17.7 Å². The first-order chi connectivity index (χ1) is 16.7. The molecule has 0 aliphatic heterocycles. The minimum absolute atomic E-state index is 0.0657. The fraction of sp³-hybridized carbons (Fsp3) is 0.348. The summed E-state index contributed by atoms with van der Waals surface area (Å²) in [6.07, 6.45) is 3.06. The van der Waals surface area contributed by atoms with Gasteiger partial charge in [0.1, 0.15) is 17.1 Å². The maximum atomic E-state index is 13.3. The van der Waals surface area contributed by atoms with Gasteiger partial charge >= 0.3 is 0 Å². The van der Waals surface area contributed by atoms with Crippen molar-refractivity contribution >= 4 is 49.4 Å². The van der Waals surface area contributed by atoms with Crippen LogP contribution in [0.4, 0.5) is 11.4 Å². The summed E-state index contributed by atoms with van der Waals surface area (Å²) in [6.45, 7) is 6.44. The van der Waals surface area contributed by atoms with Crippen LogP contribution in [0.5, 0.6) is 5.75 Å². The van der Waals surface area contributed by atoms with Gasteiger partial charge < -0.3 is 10.8 Å². The molecule has 2 aromatic heterocycles. The molecule has 0 spiro atoms. The number of aromatic nitrogens is 2. The molecule has 2 heterocycles. The fourth-order valence-electron chi connectivity index (χ4n) is 3.27. The fourth-order valence-corrected chi connectivity index (χ4v) is 5.23. The van der Waals surface area contributed by atoms with Gasteiger partial charge in [-0.2, -0.15) is 5.10 Å². The van der Waals surface area contributed by atoms with E-state index in [1.165, 1.54) is 40.5 Å². The summed E-state index contributed by atoms with van der Waals surface area (Å²) in [5.41, 5.74) is 5.95. The van der Waals surface area contributed by atoms with Gasteiger partial charge in [-0.15, -0.1) is 11.3 Å². The Bertz CT molecular complexity index is 1490. The zero-order chi connectivity index (χ0) is 26.8. The number of aryl methyl sites for hydroxylation is 1. The predicted octanol–water partition coefficient (Wildman–Crippen LogP) is 3.26. The molecular weight excluding hydrogens is 522 g/mol. The Morgan fingerprint density at radius 2 is 2.00 bits per heavy atom. The Hall–Kier alpha value is -3.03. The molecule has 0 amide bonds. The van der Waals surface area contributed by atoms with E-state index in [0.29, 0.717) is 17.8 Å². The lowest BCUT2D eigenvalue weighted by molar-refractivity contribution is 0.335. The lowest BCUT2D eigenvalue weighted by Gasteiger charge is -2.19. The van der Waals surface area contributed by atoms with E-state index in [1.54, 1.807) is 12.1 Å². The molecule has 1 unspecified atom stereocenters. The number of benzene rings is 1. The second kappa shape index (κ2) is 10.5. The average molecular weight is 552 g/mol. The number of anilines is 1. The van der Waals surface area contributed by atoms with Crippen LogP contribution in [0.3, 0.4) is 0 Å². The van der Waals surface area contributed by atoms with Gasteiger partial charge in [0.25, 0.3) is 5.56 Å². The first kappa shape index (κ1) is 27.6. The van der Waals surface area contributed by atoms with Crippen LogP contribution in [-0.2, 0) is 27.4 Å². The topological polar surface area (TPSA) is 157 Å². The summed E-state index contributed by atoms with van der Waals surface area (Å²) in [5, 5.41) is 17.3. The number of nitrogens with two attached hydrogens (primary N) is 1. The highest BCUT2D eigenvalue weighted by Gasteiger charge is 2.23. The quantitative estimate of drug-likeness (QED) is 0.286. The Balaban J connectivity index is 2.18. The highest BCUT2D eigenvalue weighted by molar-refractivity contribution is 7.92. The predicted molar refractivity (Wildman–Crippen MR) is 145 cm³/mol. The van der Waals surface area contributed by atoms with Gasteiger partial charge in [0.15, 0.2) is 5.75 Å². The molecule has 194 valence electrons. The largest absolute Gasteiger partial charge is 0.505 e. The lowest BCUT2D eigenvalue weighted by Crippen LogP contribution is -2.33. The molecule has 1 atom stereocenters. The SMILES string of the molecule is CS(=O)c1cc(NS(C)(=O)=O)ccc1N=C(N)c1c(O)c(-c2cccs2)nn(CCC(C)(C)C)c1=O. The van der Waals surface area contributed by atoms with Crippen LogP contribution in [-0.4, -0.2) is 45.9 Å². The summed E-state index contributed by atoms with van der Waals surface area (Å²) in [6, 6.07) is 7.84. The van der Waals surface area contributed by atoms with Gasteiger partial charge in [-0.1, -0.05) is 26.8 Å². The standard InChI is InChI=1S/C23H29N5O5S3/c1-23(2,3)10-11-28-22(30)18(20(29)19(26-28)16-7-6-12-34-16)21(24)25-15-9-8-14(27-36(5,32)33)13-17(15)35(4)31/h6-9,12-13,27,29H,10-11H2,1-5H3,(H2,24,25). The maximum absolute atomic E-state index is 13.3. The Morgan fingerprint density at radius 1 is 1.31 bits per heavy atom. The third-order valence-electron chi connectivity index (χ3n) is 5.03. The number of rotatable bonds is 8. The molecule has 0 aliphatic rings. The first-order valence-electron chi connectivity index (χ1n) is 10.8. The Labute approximate surface area is 216 Å². The molecule has 0 saturated heterocycles. The highest BCUT2D eigenvalue weighted by atomic mass is 32.2. The molecular formula is C23H29N5O5S3. The van der Waals surface area contributed by atoms with Crippen molar-refractivity contribution in [2.75, 3.05) is 17.2 Å². The van der Waals surface area contributed by atoms with Crippen molar-refractivity contribution in [1.82, 2.24) is 9.78 Å². The number of nitrogens with one attached hydrogen (secondary N) is 1. The molecule has 13 heteroatoms. The van der Waals surface area contributed by atoms with Crippen LogP contribution in [0.1, 0.15) is 32.8 Å². The van der Waals surface area contributed by atoms with Crippen LogP contribution in [0, 0.1) is 5.41 Å². The van der Waals surface area contributed by atoms with Gasteiger partial charge in [0.05, 0.1) is 32.5 Å².